The van der Waals surface area contributed by atoms with Gasteiger partial charge in [0.2, 0.25) is 0 Å². The number of hydrogen-bond acceptors (Lipinski definition) is 2. The van der Waals surface area contributed by atoms with Crippen molar-refractivity contribution in [3.8, 4) is 0 Å². The van der Waals surface area contributed by atoms with Crippen molar-refractivity contribution in [1.29, 1.82) is 0 Å². The van der Waals surface area contributed by atoms with Gasteiger partial charge in [-0.25, -0.2) is 0 Å². The quantitative estimate of drug-likeness (QED) is 0.814. The van der Waals surface area contributed by atoms with E-state index in [1.54, 1.807) is 6.08 Å². The van der Waals surface area contributed by atoms with Crippen molar-refractivity contribution in [3.05, 3.63) is 71.4 Å². The summed E-state index contributed by atoms with van der Waals surface area (Å²) in [4.78, 5) is 0. The van der Waals surface area contributed by atoms with Crippen molar-refractivity contribution in [2.45, 2.75) is 26.7 Å². The zero-order valence-electron chi connectivity index (χ0n) is 12.2. The lowest BCUT2D eigenvalue weighted by Crippen LogP contribution is -2.00. The van der Waals surface area contributed by atoms with Gasteiger partial charge < -0.3 is 10.2 Å². The standard InChI is InChI=1S/C18H21NO/c1-5-9-16(19)14(6-2)12(3)18-13(4)15-10-7-8-11-17(15)20-18/h5-6,8-9,11H,2-3,7,10,19H2,1,4H3/b9-5-,16-14-. The van der Waals surface area contributed by atoms with E-state index in [1.165, 1.54) is 5.56 Å². The maximum absolute atomic E-state index is 6.05. The van der Waals surface area contributed by atoms with Crippen LogP contribution < -0.4 is 5.73 Å². The Morgan fingerprint density at radius 2 is 2.20 bits per heavy atom. The first-order chi connectivity index (χ1) is 9.60. The van der Waals surface area contributed by atoms with Crippen molar-refractivity contribution in [2.75, 3.05) is 0 Å². The van der Waals surface area contributed by atoms with E-state index in [0.717, 1.165) is 41.1 Å². The van der Waals surface area contributed by atoms with E-state index >= 15 is 0 Å². The van der Waals surface area contributed by atoms with Gasteiger partial charge in [0, 0.05) is 22.4 Å². The highest BCUT2D eigenvalue weighted by molar-refractivity contribution is 5.81. The predicted octanol–water partition coefficient (Wildman–Crippen LogP) is 4.54. The van der Waals surface area contributed by atoms with Crippen LogP contribution in [0.2, 0.25) is 0 Å². The molecule has 2 nitrogen and oxygen atoms in total. The van der Waals surface area contributed by atoms with Gasteiger partial charge in [0.1, 0.15) is 11.5 Å². The second kappa shape index (κ2) is 5.83. The summed E-state index contributed by atoms with van der Waals surface area (Å²) in [7, 11) is 0. The first-order valence-corrected chi connectivity index (χ1v) is 6.83. The van der Waals surface area contributed by atoms with E-state index in [-0.39, 0.29) is 0 Å². The van der Waals surface area contributed by atoms with Crippen LogP contribution in [0.5, 0.6) is 0 Å². The molecule has 1 aliphatic carbocycles. The van der Waals surface area contributed by atoms with E-state index in [9.17, 15) is 0 Å². The number of furan rings is 1. The van der Waals surface area contributed by atoms with Crippen LogP contribution in [0.3, 0.4) is 0 Å². The largest absolute Gasteiger partial charge is 0.456 e. The van der Waals surface area contributed by atoms with Crippen LogP contribution in [0, 0.1) is 6.92 Å². The second-order valence-corrected chi connectivity index (χ2v) is 4.89. The third-order valence-corrected chi connectivity index (χ3v) is 3.59. The third-order valence-electron chi connectivity index (χ3n) is 3.59. The smallest absolute Gasteiger partial charge is 0.138 e. The molecule has 0 atom stereocenters. The van der Waals surface area contributed by atoms with Gasteiger partial charge in [-0.1, -0.05) is 31.4 Å². The topological polar surface area (TPSA) is 39.2 Å². The van der Waals surface area contributed by atoms with Crippen LogP contribution in [-0.4, -0.2) is 0 Å². The molecule has 104 valence electrons. The van der Waals surface area contributed by atoms with E-state index in [4.69, 9.17) is 10.2 Å². The van der Waals surface area contributed by atoms with Crippen LogP contribution in [-0.2, 0) is 6.42 Å². The van der Waals surface area contributed by atoms with E-state index in [0.29, 0.717) is 5.70 Å². The zero-order chi connectivity index (χ0) is 14.7. The molecule has 2 N–H and O–H groups in total. The van der Waals surface area contributed by atoms with Crippen LogP contribution in [0.25, 0.3) is 11.6 Å². The number of fused-ring (bicyclic) bond motifs is 1. The summed E-state index contributed by atoms with van der Waals surface area (Å²) in [5.74, 6) is 1.75. The molecule has 2 heteroatoms. The maximum atomic E-state index is 6.05. The molecule has 2 rings (SSSR count). The molecule has 1 aromatic heterocycles. The average Bonchev–Trinajstić information content (AvgIpc) is 2.78. The van der Waals surface area contributed by atoms with E-state index in [1.807, 2.05) is 25.2 Å². The highest BCUT2D eigenvalue weighted by Crippen LogP contribution is 2.34. The summed E-state index contributed by atoms with van der Waals surface area (Å²) in [6.07, 6.45) is 11.7. The summed E-state index contributed by atoms with van der Waals surface area (Å²) in [6, 6.07) is 0. The van der Waals surface area contributed by atoms with Gasteiger partial charge in [0.05, 0.1) is 0 Å². The predicted molar refractivity (Wildman–Crippen MR) is 86.1 cm³/mol. The van der Waals surface area contributed by atoms with Crippen molar-refractivity contribution in [1.82, 2.24) is 0 Å². The van der Waals surface area contributed by atoms with Gasteiger partial charge in [-0.05, 0) is 44.4 Å². The molecule has 0 spiro atoms. The van der Waals surface area contributed by atoms with Crippen molar-refractivity contribution < 1.29 is 4.42 Å². The number of hydrogen-bond donors (Lipinski definition) is 1. The molecular weight excluding hydrogens is 246 g/mol. The molecule has 0 unspecified atom stereocenters. The molecule has 0 aromatic carbocycles. The lowest BCUT2D eigenvalue weighted by Gasteiger charge is -2.08. The molecular formula is C18H21NO. The molecule has 0 saturated carbocycles. The van der Waals surface area contributed by atoms with E-state index in [2.05, 4.69) is 26.2 Å². The number of allylic oxidation sites excluding steroid dienone is 6. The van der Waals surface area contributed by atoms with Crippen molar-refractivity contribution in [3.63, 3.8) is 0 Å². The van der Waals surface area contributed by atoms with Gasteiger partial charge in [-0.15, -0.1) is 0 Å². The van der Waals surface area contributed by atoms with Gasteiger partial charge >= 0.3 is 0 Å². The monoisotopic (exact) mass is 267 g/mol. The number of rotatable bonds is 4. The Morgan fingerprint density at radius 3 is 2.80 bits per heavy atom. The average molecular weight is 267 g/mol. The van der Waals surface area contributed by atoms with Crippen molar-refractivity contribution >= 4 is 11.6 Å². The maximum Gasteiger partial charge on any atom is 0.138 e. The number of nitrogens with two attached hydrogens (primary N) is 1. The first-order valence-electron chi connectivity index (χ1n) is 6.83. The lowest BCUT2D eigenvalue weighted by atomic mass is 9.96. The molecule has 1 aliphatic rings. The van der Waals surface area contributed by atoms with Crippen LogP contribution in [0.4, 0.5) is 0 Å². The molecule has 0 aliphatic heterocycles. The van der Waals surface area contributed by atoms with Gasteiger partial charge in [-0.3, -0.25) is 0 Å². The Hall–Kier alpha value is -2.22. The van der Waals surface area contributed by atoms with Gasteiger partial charge in [0.25, 0.3) is 0 Å². The molecule has 0 amide bonds. The Kier molecular flexibility index (Phi) is 4.14. The highest BCUT2D eigenvalue weighted by atomic mass is 16.3. The zero-order valence-corrected chi connectivity index (χ0v) is 12.2. The Bertz CT molecular complexity index is 639. The fourth-order valence-electron chi connectivity index (χ4n) is 2.53. The van der Waals surface area contributed by atoms with Gasteiger partial charge in [0.15, 0.2) is 0 Å². The Morgan fingerprint density at radius 1 is 1.45 bits per heavy atom. The molecule has 1 aromatic rings. The third kappa shape index (κ3) is 2.42. The van der Waals surface area contributed by atoms with Crippen LogP contribution >= 0.6 is 0 Å². The second-order valence-electron chi connectivity index (χ2n) is 4.89. The summed E-state index contributed by atoms with van der Waals surface area (Å²) in [5, 5.41) is 0. The first kappa shape index (κ1) is 14.2. The minimum atomic E-state index is 0.650. The molecule has 1 heterocycles. The van der Waals surface area contributed by atoms with Crippen LogP contribution in [0.1, 0.15) is 36.0 Å². The minimum absolute atomic E-state index is 0.650. The van der Waals surface area contributed by atoms with Crippen molar-refractivity contribution in [2.24, 2.45) is 5.73 Å². The van der Waals surface area contributed by atoms with Crippen LogP contribution in [0.15, 0.2) is 53.1 Å². The minimum Gasteiger partial charge on any atom is -0.456 e. The molecule has 0 saturated heterocycles. The molecule has 0 radical (unpaired) electrons. The van der Waals surface area contributed by atoms with E-state index < -0.39 is 0 Å². The Balaban J connectivity index is 2.49. The fourth-order valence-corrected chi connectivity index (χ4v) is 2.53. The summed E-state index contributed by atoms with van der Waals surface area (Å²) >= 11 is 0. The molecule has 0 bridgehead atoms. The summed E-state index contributed by atoms with van der Waals surface area (Å²) in [5.41, 5.74) is 10.7. The lowest BCUT2D eigenvalue weighted by molar-refractivity contribution is 0.537. The summed E-state index contributed by atoms with van der Waals surface area (Å²) in [6.45, 7) is 12.0. The fraction of sp³-hybridized carbons (Fsp3) is 0.222. The highest BCUT2D eigenvalue weighted by Gasteiger charge is 2.20. The van der Waals surface area contributed by atoms with Gasteiger partial charge in [-0.2, -0.15) is 0 Å². The SMILES string of the molecule is C=C/C(C(=C)c1oc2c(c1C)CCC=C2)=C(N)\C=C/C. The normalized spacial score (nSPS) is 15.1. The molecule has 20 heavy (non-hydrogen) atoms. The Labute approximate surface area is 120 Å². The summed E-state index contributed by atoms with van der Waals surface area (Å²) < 4.78 is 5.96. The molecule has 0 fully saturated rings.